The lowest BCUT2D eigenvalue weighted by atomic mass is 9.76. The van der Waals surface area contributed by atoms with Crippen LogP contribution in [0.15, 0.2) is 118 Å². The third-order valence-corrected chi connectivity index (χ3v) is 28.2. The van der Waals surface area contributed by atoms with Crippen LogP contribution in [0.4, 0.5) is 13.2 Å². The summed E-state index contributed by atoms with van der Waals surface area (Å²) in [7, 11) is -22.2. The second-order valence-corrected chi connectivity index (χ2v) is 39.9. The number of hydrogen-bond acceptors (Lipinski definition) is 32. The number of alkyl halides is 3. The molecule has 32 nitrogen and oxygen atoms in total. The largest absolute Gasteiger partial charge is 0.475 e. The molecule has 742 valence electrons. The number of phosphoric ester groups is 4. The predicted octanol–water partition coefficient (Wildman–Crippen LogP) is 24.9. The molecule has 1 saturated carbocycles. The quantitative estimate of drug-likeness (QED) is 0.0166. The molecule has 3 aromatic rings. The zero-order chi connectivity index (χ0) is 98.0. The Morgan fingerprint density at radius 3 is 1.22 bits per heavy atom. The molecule has 1 saturated heterocycles. The van der Waals surface area contributed by atoms with E-state index >= 15 is 31.4 Å². The number of phosphoric acid groups is 4. The Bertz CT molecular complexity index is 4610. The number of ether oxygens (including phenoxy) is 7. The van der Waals surface area contributed by atoms with Gasteiger partial charge < -0.3 is 33.2 Å². The Labute approximate surface area is 808 Å². The van der Waals surface area contributed by atoms with E-state index in [1.165, 1.54) is 100 Å². The Balaban J connectivity index is 1.68. The SMILES string of the molecule is CCCCC/C=C\C/C=C\C/C=C\C/C=C\CCCC(=O)O[C@H](COC(=O)CCCCCCCCCCCCCCCCC)COP(=O)(OCCC#N)O[C@H]1[C@@H](OC2(OC)CCOCC2)[C@@H](OP(=O)(OCCC#N)OCCC#N)[C@H](OP(=O)(OCCC#N)OCCC#N)[C@@H](OP(=O)(OCCC#N)OCCC#N)[C@@H]1OC1(c2cccc(C(F)(F)F)c2)c2cc(Br)ccc2Oc2ccc(Br)cc21. The van der Waals surface area contributed by atoms with Gasteiger partial charge in [0.2, 0.25) is 0 Å². The van der Waals surface area contributed by atoms with Crippen molar-refractivity contribution in [3.63, 3.8) is 0 Å². The van der Waals surface area contributed by atoms with E-state index in [2.05, 4.69) is 70.0 Å². The van der Waals surface area contributed by atoms with Gasteiger partial charge in [0, 0.05) is 52.9 Å². The van der Waals surface area contributed by atoms with Crippen LogP contribution in [0.1, 0.15) is 261 Å². The number of allylic oxidation sites excluding steroid dienone is 8. The molecule has 0 spiro atoms. The van der Waals surface area contributed by atoms with Crippen LogP contribution >= 0.6 is 63.2 Å². The van der Waals surface area contributed by atoms with E-state index in [0.717, 1.165) is 83.5 Å². The van der Waals surface area contributed by atoms with Crippen molar-refractivity contribution in [2.75, 3.05) is 79.8 Å². The van der Waals surface area contributed by atoms with Crippen LogP contribution in [0.5, 0.6) is 11.5 Å². The first-order valence-corrected chi connectivity index (χ1v) is 53.4. The first-order chi connectivity index (χ1) is 65.2. The highest BCUT2D eigenvalue weighted by Gasteiger charge is 2.66. The number of hydrogen-bond donors (Lipinski definition) is 0. The van der Waals surface area contributed by atoms with Gasteiger partial charge in [-0.25, -0.2) is 18.3 Å². The summed E-state index contributed by atoms with van der Waals surface area (Å²) in [6.45, 7) is -4.09. The summed E-state index contributed by atoms with van der Waals surface area (Å²) in [6.07, 6.45) is 10.8. The number of esters is 2. The van der Waals surface area contributed by atoms with Crippen molar-refractivity contribution in [2.24, 2.45) is 0 Å². The number of methoxy groups -OCH3 is 1. The maximum atomic E-state index is 17.3. The first kappa shape index (κ1) is 117. The van der Waals surface area contributed by atoms with E-state index in [9.17, 15) is 46.4 Å². The molecular formula is C94H126Br2F3N7O25P4. The summed E-state index contributed by atoms with van der Waals surface area (Å²) in [5.74, 6) is -4.11. The minimum absolute atomic E-state index is 0.0891. The molecule has 1 unspecified atom stereocenters. The highest BCUT2D eigenvalue weighted by atomic mass is 79.9. The minimum atomic E-state index is -6.03. The number of carbonyl (C=O) groups is 2. The molecule has 2 fully saturated rings. The molecule has 0 amide bonds. The number of fused-ring (bicyclic) bond motifs is 2. The number of unbranched alkanes of at least 4 members (excludes halogenated alkanes) is 18. The van der Waals surface area contributed by atoms with Crippen LogP contribution in [0.3, 0.4) is 0 Å². The van der Waals surface area contributed by atoms with E-state index in [4.69, 9.17) is 87.4 Å². The zero-order valence-corrected chi connectivity index (χ0v) is 83.7. The molecule has 8 atom stereocenters. The smallest absolute Gasteiger partial charge is 0.462 e. The van der Waals surface area contributed by atoms with Gasteiger partial charge in [-0.1, -0.05) is 209 Å². The zero-order valence-electron chi connectivity index (χ0n) is 77.0. The first-order valence-electron chi connectivity index (χ1n) is 46.0. The standard InChI is InChI=1S/C94H126Br2F3N7O25P4/c1-4-6-8-10-12-14-16-18-20-21-23-25-27-29-31-33-35-47-85(108)124-79(73-115-84(107)46-34-32-30-28-26-24-22-19-17-15-13-11-9-7-5-2)74-123-135(112,122-67-43-60-106)128-88-86(126-92(113-3)52-68-114-69-53-92)89(129-132(109,116-61-37-54-100)117-62-38-55-101)91(131-134(111,120-65-41-58-104)121-66-42-59-105)90(130-133(110,118-63-39-56-102)119-64-40-57-103)87(88)127-93(75-44-36-45-76(70-75)94(97,98)99)80-71-77(95)48-50-82(80)125-83-51-49-78(96)72-81(83)93/h12,14,18,20,23,25,29,31,36,44-45,48-51,70-72,79,86-91H,4-11,13,15-17,19,21-22,24,26-28,30,32-35,37-43,46-47,52-53,61-69,73-74H2,1-3H3/b14-12-,20-18-,25-23-,31-29-/t79-,86-,87-,88+,89-,90+,91+,135?/m1/s1. The number of nitriles is 7. The average Bonchev–Trinajstić information content (AvgIpc) is 0.702. The molecule has 41 heteroatoms. The molecule has 135 heavy (non-hydrogen) atoms. The van der Waals surface area contributed by atoms with Gasteiger partial charge in [0.05, 0.1) is 159 Å². The summed E-state index contributed by atoms with van der Waals surface area (Å²) >= 11 is 7.07. The van der Waals surface area contributed by atoms with Crippen LogP contribution < -0.4 is 4.74 Å². The molecule has 3 aliphatic rings. The highest BCUT2D eigenvalue weighted by Crippen LogP contribution is 2.65. The Kier molecular flexibility index (Phi) is 56.1. The summed E-state index contributed by atoms with van der Waals surface area (Å²) in [5.41, 5.74) is -5.07. The van der Waals surface area contributed by atoms with E-state index in [1.54, 1.807) is 0 Å². The molecule has 0 radical (unpaired) electrons. The average molecular weight is 2090 g/mol. The van der Waals surface area contributed by atoms with Crippen molar-refractivity contribution in [2.45, 2.75) is 299 Å². The Morgan fingerprint density at radius 2 is 0.815 bits per heavy atom. The van der Waals surface area contributed by atoms with Crippen LogP contribution in [0, 0.1) is 79.3 Å². The number of nitrogens with zero attached hydrogens (tertiary/aromatic N) is 7. The van der Waals surface area contributed by atoms with Gasteiger partial charge in [-0.3, -0.25) is 63.9 Å². The van der Waals surface area contributed by atoms with Gasteiger partial charge >= 0.3 is 49.4 Å². The van der Waals surface area contributed by atoms with Gasteiger partial charge in [-0.2, -0.15) is 50.0 Å². The van der Waals surface area contributed by atoms with Crippen molar-refractivity contribution < 1.29 is 128 Å². The van der Waals surface area contributed by atoms with Crippen LogP contribution in [-0.4, -0.2) is 140 Å². The van der Waals surface area contributed by atoms with Crippen LogP contribution in [0.25, 0.3) is 0 Å². The van der Waals surface area contributed by atoms with Crippen molar-refractivity contribution in [3.05, 3.63) is 140 Å². The highest BCUT2D eigenvalue weighted by molar-refractivity contribution is 9.10. The fourth-order valence-corrected chi connectivity index (χ4v) is 20.8. The summed E-state index contributed by atoms with van der Waals surface area (Å²) < 4.78 is 235. The van der Waals surface area contributed by atoms with Crippen LogP contribution in [-0.2, 0) is 122 Å². The van der Waals surface area contributed by atoms with E-state index < -0.39 is 219 Å². The van der Waals surface area contributed by atoms with Gasteiger partial charge in [0.15, 0.2) is 17.5 Å². The summed E-state index contributed by atoms with van der Waals surface area (Å²) in [6, 6.07) is 25.0. The van der Waals surface area contributed by atoms with Crippen LogP contribution in [0.2, 0.25) is 0 Å². The fourth-order valence-electron chi connectivity index (χ4n) is 14.6. The predicted molar refractivity (Wildman–Crippen MR) is 497 cm³/mol. The Morgan fingerprint density at radius 1 is 0.452 bits per heavy atom. The third-order valence-electron chi connectivity index (χ3n) is 21.3. The van der Waals surface area contributed by atoms with E-state index in [1.807, 2.05) is 66.8 Å². The Hall–Kier alpha value is -7.18. The monoisotopic (exact) mass is 2090 g/mol. The molecule has 2 aliphatic heterocycles. The fraction of sp³-hybridized carbons (Fsp3) is 0.628. The van der Waals surface area contributed by atoms with Gasteiger partial charge in [-0.15, -0.1) is 0 Å². The normalized spacial score (nSPS) is 18.3. The van der Waals surface area contributed by atoms with Crippen molar-refractivity contribution in [1.82, 2.24) is 0 Å². The van der Waals surface area contributed by atoms with Crippen molar-refractivity contribution >= 4 is 75.1 Å². The molecule has 0 aromatic heterocycles. The molecule has 3 aromatic carbocycles. The lowest BCUT2D eigenvalue weighted by Gasteiger charge is -2.54. The molecule has 2 heterocycles. The maximum Gasteiger partial charge on any atom is 0.475 e. The number of carbonyl (C=O) groups excluding carboxylic acids is 2. The lowest BCUT2D eigenvalue weighted by Crippen LogP contribution is -2.69. The topological polar surface area (TPSA) is 444 Å². The third kappa shape index (κ3) is 42.0. The van der Waals surface area contributed by atoms with Crippen molar-refractivity contribution in [3.8, 4) is 54.0 Å². The summed E-state index contributed by atoms with van der Waals surface area (Å²) in [4.78, 5) is 28.4. The number of benzene rings is 3. The van der Waals surface area contributed by atoms with Gasteiger partial charge in [0.25, 0.3) is 0 Å². The van der Waals surface area contributed by atoms with Crippen molar-refractivity contribution in [1.29, 1.82) is 36.8 Å². The molecule has 0 N–H and O–H groups in total. The van der Waals surface area contributed by atoms with E-state index in [0.29, 0.717) is 31.7 Å². The molecule has 1 aliphatic carbocycles. The van der Waals surface area contributed by atoms with Gasteiger partial charge in [-0.05, 0) is 105 Å². The minimum Gasteiger partial charge on any atom is -0.462 e. The number of rotatable bonds is 71. The second kappa shape index (κ2) is 64.9. The van der Waals surface area contributed by atoms with E-state index in [-0.39, 0.29) is 76.9 Å². The second-order valence-electron chi connectivity index (χ2n) is 31.6. The molecule has 0 bridgehead atoms. The lowest BCUT2D eigenvalue weighted by molar-refractivity contribution is -0.328. The summed E-state index contributed by atoms with van der Waals surface area (Å²) in [5, 5.41) is 70.4. The maximum absolute atomic E-state index is 17.3. The number of halogens is 5. The molecule has 6 rings (SSSR count). The van der Waals surface area contributed by atoms with Gasteiger partial charge in [0.1, 0.15) is 54.7 Å². The molecular weight excluding hydrogens is 1970 g/mol.